The fourth-order valence-electron chi connectivity index (χ4n) is 1.41. The van der Waals surface area contributed by atoms with Crippen LogP contribution in [0.5, 0.6) is 0 Å². The van der Waals surface area contributed by atoms with Crippen molar-refractivity contribution in [3.8, 4) is 0 Å². The van der Waals surface area contributed by atoms with Gasteiger partial charge in [-0.15, -0.1) is 0 Å². The van der Waals surface area contributed by atoms with Crippen molar-refractivity contribution in [2.75, 3.05) is 37.9 Å². The molecule has 4 nitrogen and oxygen atoms in total. The number of hydrogen-bond donors (Lipinski definition) is 1. The number of pyridine rings is 1. The van der Waals surface area contributed by atoms with E-state index in [0.717, 1.165) is 31.0 Å². The summed E-state index contributed by atoms with van der Waals surface area (Å²) in [4.78, 5) is 13.7. The standard InChI is InChI=1S/C12H21N3OS/c1-14(2)7-9-17-8-3-6-15-10-11(13)4-5-12(15)16/h4-5,10H,3,6-9,13H2,1-2H3. The number of thioether (sulfide) groups is 1. The zero-order chi connectivity index (χ0) is 12.7. The van der Waals surface area contributed by atoms with Gasteiger partial charge in [-0.1, -0.05) is 0 Å². The molecule has 5 heteroatoms. The molecule has 0 fully saturated rings. The number of hydrogen-bond acceptors (Lipinski definition) is 4. The minimum atomic E-state index is 0.0255. The Hall–Kier alpha value is -0.940. The molecule has 17 heavy (non-hydrogen) atoms. The average Bonchev–Trinajstić information content (AvgIpc) is 2.27. The van der Waals surface area contributed by atoms with Gasteiger partial charge in [-0.2, -0.15) is 11.8 Å². The summed E-state index contributed by atoms with van der Waals surface area (Å²) in [7, 11) is 4.15. The maximum absolute atomic E-state index is 11.5. The van der Waals surface area contributed by atoms with Gasteiger partial charge in [0.05, 0.1) is 0 Å². The predicted molar refractivity (Wildman–Crippen MR) is 75.6 cm³/mol. The highest BCUT2D eigenvalue weighted by molar-refractivity contribution is 7.99. The first-order chi connectivity index (χ1) is 8.09. The second kappa shape index (κ2) is 7.40. The van der Waals surface area contributed by atoms with Crippen LogP contribution in [-0.4, -0.2) is 41.6 Å². The summed E-state index contributed by atoms with van der Waals surface area (Å²) in [6.45, 7) is 1.85. The minimum absolute atomic E-state index is 0.0255. The molecule has 0 aromatic carbocycles. The Kier molecular flexibility index (Phi) is 6.15. The van der Waals surface area contributed by atoms with Crippen LogP contribution in [-0.2, 0) is 6.54 Å². The molecule has 1 aromatic heterocycles. The summed E-state index contributed by atoms with van der Waals surface area (Å²) < 4.78 is 1.68. The van der Waals surface area contributed by atoms with E-state index < -0.39 is 0 Å². The predicted octanol–water partition coefficient (Wildman–Crippen LogP) is 1.12. The van der Waals surface area contributed by atoms with Crippen LogP contribution < -0.4 is 11.3 Å². The monoisotopic (exact) mass is 255 g/mol. The number of anilines is 1. The van der Waals surface area contributed by atoms with E-state index in [4.69, 9.17) is 5.73 Å². The summed E-state index contributed by atoms with van der Waals surface area (Å²) in [6, 6.07) is 3.17. The smallest absolute Gasteiger partial charge is 0.250 e. The third-order valence-corrected chi connectivity index (χ3v) is 3.43. The molecule has 0 aliphatic carbocycles. The molecule has 0 radical (unpaired) electrons. The van der Waals surface area contributed by atoms with Crippen LogP contribution in [0, 0.1) is 0 Å². The van der Waals surface area contributed by atoms with E-state index in [-0.39, 0.29) is 5.56 Å². The molecule has 0 unspecified atom stereocenters. The molecular weight excluding hydrogens is 234 g/mol. The first-order valence-corrected chi connectivity index (χ1v) is 6.93. The Labute approximate surface area is 107 Å². The number of nitrogens with two attached hydrogens (primary N) is 1. The SMILES string of the molecule is CN(C)CCSCCCn1cc(N)ccc1=O. The van der Waals surface area contributed by atoms with Gasteiger partial charge >= 0.3 is 0 Å². The van der Waals surface area contributed by atoms with Gasteiger partial charge < -0.3 is 15.2 Å². The maximum Gasteiger partial charge on any atom is 0.250 e. The van der Waals surface area contributed by atoms with E-state index in [0.29, 0.717) is 5.69 Å². The lowest BCUT2D eigenvalue weighted by atomic mass is 10.4. The van der Waals surface area contributed by atoms with Crippen molar-refractivity contribution in [2.45, 2.75) is 13.0 Å². The van der Waals surface area contributed by atoms with Crippen molar-refractivity contribution >= 4 is 17.4 Å². The van der Waals surface area contributed by atoms with Crippen molar-refractivity contribution in [3.63, 3.8) is 0 Å². The van der Waals surface area contributed by atoms with Crippen LogP contribution in [0.2, 0.25) is 0 Å². The van der Waals surface area contributed by atoms with Crippen molar-refractivity contribution in [1.82, 2.24) is 9.47 Å². The first-order valence-electron chi connectivity index (χ1n) is 5.78. The van der Waals surface area contributed by atoms with E-state index in [2.05, 4.69) is 19.0 Å². The minimum Gasteiger partial charge on any atom is -0.398 e. The zero-order valence-electron chi connectivity index (χ0n) is 10.6. The van der Waals surface area contributed by atoms with Gasteiger partial charge in [0.1, 0.15) is 0 Å². The molecule has 0 bridgehead atoms. The van der Waals surface area contributed by atoms with E-state index in [1.54, 1.807) is 16.8 Å². The summed E-state index contributed by atoms with van der Waals surface area (Å²) in [6.07, 6.45) is 2.72. The molecule has 0 atom stereocenters. The number of rotatable bonds is 7. The van der Waals surface area contributed by atoms with Gasteiger partial charge in [-0.3, -0.25) is 4.79 Å². The number of aromatic nitrogens is 1. The number of nitrogens with zero attached hydrogens (tertiary/aromatic N) is 2. The normalized spacial score (nSPS) is 11.0. The highest BCUT2D eigenvalue weighted by Crippen LogP contribution is 2.04. The molecule has 0 amide bonds. The molecule has 1 rings (SSSR count). The molecule has 0 aliphatic rings. The van der Waals surface area contributed by atoms with Gasteiger partial charge in [-0.05, 0) is 32.3 Å². The molecule has 0 spiro atoms. The highest BCUT2D eigenvalue weighted by Gasteiger charge is 1.97. The third-order valence-electron chi connectivity index (χ3n) is 2.38. The Bertz CT molecular complexity index is 390. The van der Waals surface area contributed by atoms with Gasteiger partial charge in [0.15, 0.2) is 0 Å². The van der Waals surface area contributed by atoms with Crippen LogP contribution in [0.15, 0.2) is 23.1 Å². The van der Waals surface area contributed by atoms with Crippen LogP contribution >= 0.6 is 11.8 Å². The average molecular weight is 255 g/mol. The zero-order valence-corrected chi connectivity index (χ0v) is 11.4. The van der Waals surface area contributed by atoms with Gasteiger partial charge in [0.2, 0.25) is 0 Å². The first kappa shape index (κ1) is 14.1. The number of aryl methyl sites for hydroxylation is 1. The Morgan fingerprint density at radius 2 is 2.12 bits per heavy atom. The van der Waals surface area contributed by atoms with E-state index in [1.807, 2.05) is 11.8 Å². The molecule has 0 saturated heterocycles. The van der Waals surface area contributed by atoms with Crippen molar-refractivity contribution in [3.05, 3.63) is 28.7 Å². The van der Waals surface area contributed by atoms with Crippen LogP contribution in [0.25, 0.3) is 0 Å². The molecule has 0 aliphatic heterocycles. The van der Waals surface area contributed by atoms with Crippen molar-refractivity contribution in [2.24, 2.45) is 0 Å². The number of nitrogen functional groups attached to an aromatic ring is 1. The van der Waals surface area contributed by atoms with Crippen LogP contribution in [0.4, 0.5) is 5.69 Å². The van der Waals surface area contributed by atoms with Crippen LogP contribution in [0.1, 0.15) is 6.42 Å². The lowest BCUT2D eigenvalue weighted by molar-refractivity contribution is 0.437. The fourth-order valence-corrected chi connectivity index (χ4v) is 2.44. The molecule has 1 aromatic rings. The quantitative estimate of drug-likeness (QED) is 0.742. The lowest BCUT2D eigenvalue weighted by Crippen LogP contribution is -2.19. The van der Waals surface area contributed by atoms with Gasteiger partial charge in [-0.25, -0.2) is 0 Å². The summed E-state index contributed by atoms with van der Waals surface area (Å²) >= 11 is 1.92. The molecule has 1 heterocycles. The van der Waals surface area contributed by atoms with Crippen molar-refractivity contribution < 1.29 is 0 Å². The fraction of sp³-hybridized carbons (Fsp3) is 0.583. The highest BCUT2D eigenvalue weighted by atomic mass is 32.2. The molecule has 2 N–H and O–H groups in total. The third kappa shape index (κ3) is 5.79. The van der Waals surface area contributed by atoms with Gasteiger partial charge in [0, 0.05) is 36.8 Å². The molecular formula is C12H21N3OS. The Balaban J connectivity index is 2.22. The van der Waals surface area contributed by atoms with E-state index in [9.17, 15) is 4.79 Å². The summed E-state index contributed by atoms with van der Waals surface area (Å²) in [5, 5.41) is 0. The largest absolute Gasteiger partial charge is 0.398 e. The van der Waals surface area contributed by atoms with E-state index >= 15 is 0 Å². The molecule has 0 saturated carbocycles. The summed E-state index contributed by atoms with van der Waals surface area (Å²) in [5.74, 6) is 2.22. The lowest BCUT2D eigenvalue weighted by Gasteiger charge is -2.09. The van der Waals surface area contributed by atoms with Crippen LogP contribution in [0.3, 0.4) is 0 Å². The Morgan fingerprint density at radius 3 is 2.82 bits per heavy atom. The topological polar surface area (TPSA) is 51.3 Å². The molecule has 96 valence electrons. The van der Waals surface area contributed by atoms with E-state index in [1.165, 1.54) is 6.07 Å². The van der Waals surface area contributed by atoms with Gasteiger partial charge in [0.25, 0.3) is 5.56 Å². The Morgan fingerprint density at radius 1 is 1.35 bits per heavy atom. The second-order valence-corrected chi connectivity index (χ2v) is 5.49. The summed E-state index contributed by atoms with van der Waals surface area (Å²) in [5.41, 5.74) is 6.31. The van der Waals surface area contributed by atoms with Crippen molar-refractivity contribution in [1.29, 1.82) is 0 Å². The second-order valence-electron chi connectivity index (χ2n) is 4.26. The maximum atomic E-state index is 11.5.